The minimum atomic E-state index is 0.417. The largest absolute Gasteiger partial charge is 0.308 e. The zero-order valence-electron chi connectivity index (χ0n) is 13.0. The number of rotatable bonds is 0. The van der Waals surface area contributed by atoms with Gasteiger partial charge in [0.25, 0.3) is 0 Å². The van der Waals surface area contributed by atoms with Gasteiger partial charge >= 0.3 is 0 Å². The summed E-state index contributed by atoms with van der Waals surface area (Å²) in [5, 5.41) is 5.39. The Morgan fingerprint density at radius 1 is 0.591 bits per heavy atom. The Kier molecular flexibility index (Phi) is 3.12. The van der Waals surface area contributed by atoms with Gasteiger partial charge in [-0.25, -0.2) is 0 Å². The summed E-state index contributed by atoms with van der Waals surface area (Å²) in [5.41, 5.74) is 3.95. The van der Waals surface area contributed by atoms with E-state index in [4.69, 9.17) is 0 Å². The van der Waals surface area contributed by atoms with Crippen LogP contribution in [-0.2, 0) is 0 Å². The van der Waals surface area contributed by atoms with E-state index in [1.165, 1.54) is 38.1 Å². The van der Waals surface area contributed by atoms with Crippen LogP contribution in [-0.4, -0.2) is 13.9 Å². The molecule has 0 saturated heterocycles. The maximum Gasteiger partial charge on any atom is 0.0620 e. The monoisotopic (exact) mass is 301 g/mol. The van der Waals surface area contributed by atoms with Crippen LogP contribution in [0.25, 0.3) is 38.1 Å². The Labute approximate surface area is 132 Å². The van der Waals surface area contributed by atoms with Crippen molar-refractivity contribution in [3.05, 3.63) is 66.7 Å². The summed E-state index contributed by atoms with van der Waals surface area (Å²) >= 11 is 0. The van der Waals surface area contributed by atoms with Gasteiger partial charge in [-0.05, 0) is 12.1 Å². The molecule has 0 aliphatic carbocycles. The highest BCUT2D eigenvalue weighted by atomic mass is 28.2. The highest BCUT2D eigenvalue weighted by Crippen LogP contribution is 2.38. The molecule has 2 heteroatoms. The summed E-state index contributed by atoms with van der Waals surface area (Å²) in [6.45, 7) is 4.53. The quantitative estimate of drug-likeness (QED) is 0.351. The van der Waals surface area contributed by atoms with E-state index in [-0.39, 0.29) is 0 Å². The van der Waals surface area contributed by atoms with Crippen molar-refractivity contribution in [3.8, 4) is 0 Å². The van der Waals surface area contributed by atoms with Crippen LogP contribution in [0.5, 0.6) is 0 Å². The summed E-state index contributed by atoms with van der Waals surface area (Å²) < 4.78 is 2.40. The Bertz CT molecular complexity index is 994. The molecule has 0 unspecified atom stereocenters. The van der Waals surface area contributed by atoms with Gasteiger partial charge in [0.05, 0.1) is 16.6 Å². The summed E-state index contributed by atoms with van der Waals surface area (Å²) in [6, 6.07) is 23.9. The summed E-state index contributed by atoms with van der Waals surface area (Å²) in [7, 11) is 0.417. The highest BCUT2D eigenvalue weighted by molar-refractivity contribution is 6.31. The Morgan fingerprint density at radius 3 is 1.50 bits per heavy atom. The van der Waals surface area contributed by atoms with Crippen LogP contribution in [0.3, 0.4) is 0 Å². The second-order valence-corrected chi connectivity index (χ2v) is 7.19. The lowest BCUT2D eigenvalue weighted by Gasteiger charge is -1.95. The fourth-order valence-corrected chi connectivity index (χ4v) is 3.38. The molecule has 0 amide bonds. The van der Waals surface area contributed by atoms with Gasteiger partial charge in [-0.15, -0.1) is 0 Å². The molecule has 0 aliphatic rings. The van der Waals surface area contributed by atoms with Crippen molar-refractivity contribution in [2.24, 2.45) is 0 Å². The molecular formula is C20H19NSi. The lowest BCUT2D eigenvalue weighted by Crippen LogP contribution is -1.78. The van der Waals surface area contributed by atoms with E-state index in [1.807, 2.05) is 0 Å². The minimum absolute atomic E-state index is 0.417. The lowest BCUT2D eigenvalue weighted by molar-refractivity contribution is 1.37. The predicted molar refractivity (Wildman–Crippen MR) is 101 cm³/mol. The van der Waals surface area contributed by atoms with Crippen molar-refractivity contribution in [1.29, 1.82) is 0 Å². The highest BCUT2D eigenvalue weighted by Gasteiger charge is 2.15. The lowest BCUT2D eigenvalue weighted by atomic mass is 10.1. The van der Waals surface area contributed by atoms with Crippen LogP contribution in [0.4, 0.5) is 0 Å². The van der Waals surface area contributed by atoms with E-state index in [2.05, 4.69) is 84.2 Å². The van der Waals surface area contributed by atoms with Crippen LogP contribution < -0.4 is 0 Å². The fourth-order valence-electron chi connectivity index (χ4n) is 3.38. The molecule has 0 radical (unpaired) electrons. The van der Waals surface area contributed by atoms with Crippen LogP contribution >= 0.6 is 0 Å². The van der Waals surface area contributed by atoms with E-state index < -0.39 is 0 Å². The molecule has 0 atom stereocenters. The minimum Gasteiger partial charge on any atom is -0.308 e. The molecule has 22 heavy (non-hydrogen) atoms. The normalized spacial score (nSPS) is 11.4. The molecule has 0 fully saturated rings. The zero-order chi connectivity index (χ0) is 15.1. The van der Waals surface area contributed by atoms with Gasteiger partial charge in [0.2, 0.25) is 0 Å². The van der Waals surface area contributed by atoms with Crippen LogP contribution in [0.1, 0.15) is 0 Å². The van der Waals surface area contributed by atoms with Gasteiger partial charge in [-0.1, -0.05) is 67.7 Å². The molecule has 108 valence electrons. The number of aromatic nitrogens is 1. The van der Waals surface area contributed by atoms with Crippen molar-refractivity contribution in [2.75, 3.05) is 0 Å². The van der Waals surface area contributed by atoms with Crippen molar-refractivity contribution < 1.29 is 0 Å². The topological polar surface area (TPSA) is 4.41 Å². The van der Waals surface area contributed by atoms with Gasteiger partial charge in [-0.3, -0.25) is 0 Å². The number of hydrogen-bond acceptors (Lipinski definition) is 0. The standard InChI is InChI=1S/C18H11N.C2H8Si/c1-3-10-16-12(6-1)14-8-5-9-15-13-7-2-4-11-17(13)19(16)18(14)15;1-3-2/h1-11H;3H2,1-2H3. The van der Waals surface area contributed by atoms with Gasteiger partial charge in [0.15, 0.2) is 0 Å². The Hall–Kier alpha value is -2.32. The number of para-hydroxylation sites is 3. The SMILES string of the molecule is C[SiH2]C.c1ccc2c(c1)c1cccc3c4ccccc4n2c13. The maximum atomic E-state index is 2.40. The molecule has 5 rings (SSSR count). The number of nitrogens with zero attached hydrogens (tertiary/aromatic N) is 1. The van der Waals surface area contributed by atoms with E-state index in [0.29, 0.717) is 9.52 Å². The second kappa shape index (κ2) is 5.15. The van der Waals surface area contributed by atoms with E-state index >= 15 is 0 Å². The molecule has 2 heterocycles. The van der Waals surface area contributed by atoms with Crippen molar-refractivity contribution >= 4 is 47.6 Å². The molecule has 5 aromatic rings. The first-order valence-corrected chi connectivity index (χ1v) is 10.8. The average Bonchev–Trinajstić information content (AvgIpc) is 3.07. The van der Waals surface area contributed by atoms with E-state index in [0.717, 1.165) is 0 Å². The first kappa shape index (κ1) is 13.3. The van der Waals surface area contributed by atoms with E-state index in [1.54, 1.807) is 0 Å². The Morgan fingerprint density at radius 2 is 1.00 bits per heavy atom. The van der Waals surface area contributed by atoms with Gasteiger partial charge in [0.1, 0.15) is 0 Å². The first-order valence-electron chi connectivity index (χ1n) is 7.98. The first-order chi connectivity index (χ1) is 10.9. The molecule has 1 nitrogen and oxygen atoms in total. The third kappa shape index (κ3) is 1.71. The van der Waals surface area contributed by atoms with Crippen molar-refractivity contribution in [2.45, 2.75) is 13.1 Å². The molecule has 0 N–H and O–H groups in total. The Balaban J connectivity index is 0.000000389. The number of hydrogen-bond donors (Lipinski definition) is 0. The number of fused-ring (bicyclic) bond motifs is 6. The molecule has 0 bridgehead atoms. The molecule has 0 aliphatic heterocycles. The molecular weight excluding hydrogens is 282 g/mol. The third-order valence-electron chi connectivity index (χ3n) is 4.13. The summed E-state index contributed by atoms with van der Waals surface area (Å²) in [4.78, 5) is 0. The predicted octanol–water partition coefficient (Wildman–Crippen LogP) is 5.09. The van der Waals surface area contributed by atoms with Crippen LogP contribution in [0.15, 0.2) is 66.7 Å². The second-order valence-electron chi connectivity index (χ2n) is 5.78. The van der Waals surface area contributed by atoms with Gasteiger partial charge in [-0.2, -0.15) is 0 Å². The smallest absolute Gasteiger partial charge is 0.0620 e. The van der Waals surface area contributed by atoms with Crippen LogP contribution in [0.2, 0.25) is 13.1 Å². The van der Waals surface area contributed by atoms with Gasteiger partial charge in [0, 0.05) is 31.1 Å². The molecule has 0 saturated carbocycles. The summed E-state index contributed by atoms with van der Waals surface area (Å²) in [5.74, 6) is 0. The van der Waals surface area contributed by atoms with E-state index in [9.17, 15) is 0 Å². The number of benzene rings is 3. The van der Waals surface area contributed by atoms with Crippen LogP contribution in [0, 0.1) is 0 Å². The average molecular weight is 301 g/mol. The van der Waals surface area contributed by atoms with Crippen molar-refractivity contribution in [1.82, 2.24) is 4.40 Å². The van der Waals surface area contributed by atoms with Crippen molar-refractivity contribution in [3.63, 3.8) is 0 Å². The fraction of sp³-hybridized carbons (Fsp3) is 0.100. The molecule has 2 aromatic heterocycles. The zero-order valence-corrected chi connectivity index (χ0v) is 14.4. The molecule has 0 spiro atoms. The van der Waals surface area contributed by atoms with Gasteiger partial charge < -0.3 is 4.40 Å². The molecule has 3 aromatic carbocycles. The third-order valence-corrected chi connectivity index (χ3v) is 4.13. The summed E-state index contributed by atoms with van der Waals surface area (Å²) in [6.07, 6.45) is 0. The maximum absolute atomic E-state index is 2.40.